The van der Waals surface area contributed by atoms with Crippen LogP contribution in [-0.4, -0.2) is 28.6 Å². The summed E-state index contributed by atoms with van der Waals surface area (Å²) in [5, 5.41) is 5.51. The first-order valence-electron chi connectivity index (χ1n) is 6.88. The molecule has 1 atom stereocenters. The van der Waals surface area contributed by atoms with Gasteiger partial charge in [0.15, 0.2) is 0 Å². The summed E-state index contributed by atoms with van der Waals surface area (Å²) in [6.45, 7) is 7.70. The van der Waals surface area contributed by atoms with Crippen LogP contribution in [-0.2, 0) is 6.42 Å². The van der Waals surface area contributed by atoms with E-state index in [0.29, 0.717) is 11.3 Å². The summed E-state index contributed by atoms with van der Waals surface area (Å²) in [4.78, 5) is 4.73. The predicted octanol–water partition coefficient (Wildman–Crippen LogP) is 3.96. The molecule has 0 saturated carbocycles. The van der Waals surface area contributed by atoms with E-state index in [1.54, 1.807) is 0 Å². The van der Waals surface area contributed by atoms with Crippen molar-refractivity contribution >= 4 is 33.3 Å². The van der Waals surface area contributed by atoms with Gasteiger partial charge in [0.1, 0.15) is 0 Å². The van der Waals surface area contributed by atoms with Crippen molar-refractivity contribution < 1.29 is 0 Å². The number of hydrogen-bond donors (Lipinski definition) is 1. The maximum absolute atomic E-state index is 4.73. The second kappa shape index (κ2) is 7.27. The van der Waals surface area contributed by atoms with Crippen LogP contribution in [0.3, 0.4) is 0 Å². The number of thiazole rings is 1. The fraction of sp³-hybridized carbons (Fsp3) is 0.533. The van der Waals surface area contributed by atoms with Gasteiger partial charge < -0.3 is 5.32 Å². The molecule has 1 aromatic heterocycles. The van der Waals surface area contributed by atoms with E-state index in [-0.39, 0.29) is 0 Å². The number of nitrogens with one attached hydrogen (secondary N) is 1. The lowest BCUT2D eigenvalue weighted by Gasteiger charge is -2.17. The predicted molar refractivity (Wildman–Crippen MR) is 88.4 cm³/mol. The van der Waals surface area contributed by atoms with E-state index in [2.05, 4.69) is 50.4 Å². The summed E-state index contributed by atoms with van der Waals surface area (Å²) < 4.78 is 1.30. The highest BCUT2D eigenvalue weighted by Gasteiger charge is 2.12. The van der Waals surface area contributed by atoms with Crippen LogP contribution in [0.1, 0.15) is 25.8 Å². The average Bonchev–Trinajstić information content (AvgIpc) is 2.78. The Kier molecular flexibility index (Phi) is 5.67. The maximum Gasteiger partial charge on any atom is 0.0954 e. The monoisotopic (exact) mass is 294 g/mol. The molecular formula is C15H22N2S2. The van der Waals surface area contributed by atoms with E-state index in [0.717, 1.165) is 24.2 Å². The highest BCUT2D eigenvalue weighted by Crippen LogP contribution is 2.23. The number of aromatic nitrogens is 1. The third kappa shape index (κ3) is 4.48. The first-order chi connectivity index (χ1) is 9.19. The lowest BCUT2D eigenvalue weighted by Crippen LogP contribution is -2.33. The molecule has 0 aliphatic rings. The molecule has 1 N–H and O–H groups in total. The minimum Gasteiger partial charge on any atom is -0.313 e. The number of nitrogens with zero attached hydrogens (tertiary/aromatic N) is 1. The number of benzene rings is 1. The summed E-state index contributed by atoms with van der Waals surface area (Å²) in [5.74, 6) is 1.15. The number of fused-ring (bicyclic) bond motifs is 1. The van der Waals surface area contributed by atoms with Gasteiger partial charge in [-0.2, -0.15) is 11.8 Å². The van der Waals surface area contributed by atoms with Gasteiger partial charge >= 0.3 is 0 Å². The SMILES string of the molecule is CCNC(CSC(C)C)Cc1nc2ccccc2s1. The van der Waals surface area contributed by atoms with Gasteiger partial charge in [-0.15, -0.1) is 11.3 Å². The quantitative estimate of drug-likeness (QED) is 0.836. The first-order valence-corrected chi connectivity index (χ1v) is 8.75. The molecule has 0 fully saturated rings. The van der Waals surface area contributed by atoms with Crippen LogP contribution in [0.15, 0.2) is 24.3 Å². The molecule has 2 rings (SSSR count). The van der Waals surface area contributed by atoms with Crippen molar-refractivity contribution in [2.75, 3.05) is 12.3 Å². The molecule has 0 saturated heterocycles. The van der Waals surface area contributed by atoms with Crippen LogP contribution in [0.2, 0.25) is 0 Å². The largest absolute Gasteiger partial charge is 0.313 e. The van der Waals surface area contributed by atoms with E-state index < -0.39 is 0 Å². The summed E-state index contributed by atoms with van der Waals surface area (Å²) in [7, 11) is 0. The van der Waals surface area contributed by atoms with Crippen LogP contribution in [0.4, 0.5) is 0 Å². The smallest absolute Gasteiger partial charge is 0.0954 e. The van der Waals surface area contributed by atoms with Crippen molar-refractivity contribution in [1.29, 1.82) is 0 Å². The Morgan fingerprint density at radius 1 is 1.32 bits per heavy atom. The van der Waals surface area contributed by atoms with Gasteiger partial charge in [-0.25, -0.2) is 4.98 Å². The minimum atomic E-state index is 0.526. The van der Waals surface area contributed by atoms with Crippen molar-refractivity contribution in [3.8, 4) is 0 Å². The number of para-hydroxylation sites is 1. The van der Waals surface area contributed by atoms with Gasteiger partial charge in [0.05, 0.1) is 15.2 Å². The molecule has 0 radical (unpaired) electrons. The summed E-state index contributed by atoms with van der Waals surface area (Å²) >= 11 is 3.85. The van der Waals surface area contributed by atoms with Crippen molar-refractivity contribution in [2.45, 2.75) is 38.5 Å². The van der Waals surface area contributed by atoms with E-state index in [1.165, 1.54) is 9.71 Å². The third-order valence-electron chi connectivity index (χ3n) is 2.88. The number of rotatable bonds is 7. The second-order valence-corrected chi connectivity index (χ2v) is 7.64. The lowest BCUT2D eigenvalue weighted by atomic mass is 10.2. The molecular weight excluding hydrogens is 272 g/mol. The number of hydrogen-bond acceptors (Lipinski definition) is 4. The molecule has 0 amide bonds. The Morgan fingerprint density at radius 3 is 2.79 bits per heavy atom. The van der Waals surface area contributed by atoms with Crippen molar-refractivity contribution in [2.24, 2.45) is 0 Å². The molecule has 0 aliphatic carbocycles. The molecule has 2 aromatic rings. The molecule has 4 heteroatoms. The van der Waals surface area contributed by atoms with Crippen molar-refractivity contribution in [1.82, 2.24) is 10.3 Å². The van der Waals surface area contributed by atoms with Gasteiger partial charge in [-0.3, -0.25) is 0 Å². The van der Waals surface area contributed by atoms with E-state index in [1.807, 2.05) is 23.1 Å². The summed E-state index contributed by atoms with van der Waals surface area (Å²) in [5.41, 5.74) is 1.13. The highest BCUT2D eigenvalue weighted by molar-refractivity contribution is 7.99. The Bertz CT molecular complexity index is 475. The fourth-order valence-electron chi connectivity index (χ4n) is 2.01. The first kappa shape index (κ1) is 14.8. The zero-order chi connectivity index (χ0) is 13.7. The summed E-state index contributed by atoms with van der Waals surface area (Å²) in [6.07, 6.45) is 1.03. The zero-order valence-corrected chi connectivity index (χ0v) is 13.5. The number of likely N-dealkylation sites (N-methyl/N-ethyl adjacent to an activating group) is 1. The van der Waals surface area contributed by atoms with Gasteiger partial charge in [-0.05, 0) is 23.9 Å². The molecule has 1 heterocycles. The Labute approximate surface area is 124 Å². The fourth-order valence-corrected chi connectivity index (χ4v) is 3.91. The van der Waals surface area contributed by atoms with Gasteiger partial charge in [0.25, 0.3) is 0 Å². The van der Waals surface area contributed by atoms with E-state index in [4.69, 9.17) is 4.98 Å². The van der Waals surface area contributed by atoms with Crippen molar-refractivity contribution in [3.05, 3.63) is 29.3 Å². The highest BCUT2D eigenvalue weighted by atomic mass is 32.2. The lowest BCUT2D eigenvalue weighted by molar-refractivity contribution is 0.571. The maximum atomic E-state index is 4.73. The number of thioether (sulfide) groups is 1. The van der Waals surface area contributed by atoms with E-state index in [9.17, 15) is 0 Å². The van der Waals surface area contributed by atoms with Gasteiger partial charge in [-0.1, -0.05) is 32.9 Å². The Hall–Kier alpha value is -0.580. The van der Waals surface area contributed by atoms with Crippen LogP contribution in [0, 0.1) is 0 Å². The van der Waals surface area contributed by atoms with Crippen LogP contribution in [0.5, 0.6) is 0 Å². The topological polar surface area (TPSA) is 24.9 Å². The Balaban J connectivity index is 2.02. The van der Waals surface area contributed by atoms with Crippen LogP contribution < -0.4 is 5.32 Å². The molecule has 0 spiro atoms. The van der Waals surface area contributed by atoms with E-state index >= 15 is 0 Å². The average molecular weight is 294 g/mol. The molecule has 19 heavy (non-hydrogen) atoms. The van der Waals surface area contributed by atoms with Gasteiger partial charge in [0, 0.05) is 18.2 Å². The van der Waals surface area contributed by atoms with Crippen LogP contribution in [0.25, 0.3) is 10.2 Å². The normalized spacial score (nSPS) is 13.3. The summed E-state index contributed by atoms with van der Waals surface area (Å²) in [6, 6.07) is 8.92. The van der Waals surface area contributed by atoms with Crippen molar-refractivity contribution in [3.63, 3.8) is 0 Å². The minimum absolute atomic E-state index is 0.526. The molecule has 2 nitrogen and oxygen atoms in total. The molecule has 0 bridgehead atoms. The van der Waals surface area contributed by atoms with Crippen LogP contribution >= 0.6 is 23.1 Å². The molecule has 0 aliphatic heterocycles. The van der Waals surface area contributed by atoms with Gasteiger partial charge in [0.2, 0.25) is 0 Å². The zero-order valence-electron chi connectivity index (χ0n) is 11.8. The molecule has 1 aromatic carbocycles. The molecule has 1 unspecified atom stereocenters. The Morgan fingerprint density at radius 2 is 2.11 bits per heavy atom. The standard InChI is InChI=1S/C15H22N2S2/c1-4-16-12(10-18-11(2)3)9-15-17-13-7-5-6-8-14(13)19-15/h5-8,11-12,16H,4,9-10H2,1-3H3. The second-order valence-electron chi connectivity index (χ2n) is 4.92. The third-order valence-corrected chi connectivity index (χ3v) is 5.20. The molecule has 104 valence electrons.